The van der Waals surface area contributed by atoms with Gasteiger partial charge in [0.1, 0.15) is 17.7 Å². The first-order valence-corrected chi connectivity index (χ1v) is 6.14. The summed E-state index contributed by atoms with van der Waals surface area (Å²) in [5.74, 6) is -0.0922. The topological polar surface area (TPSA) is 46.8 Å². The molecule has 20 heavy (non-hydrogen) atoms. The van der Waals surface area contributed by atoms with E-state index in [1.165, 1.54) is 19.2 Å². The first kappa shape index (κ1) is 12.6. The van der Waals surface area contributed by atoms with Crippen LogP contribution < -0.4 is 4.74 Å². The van der Waals surface area contributed by atoms with Crippen molar-refractivity contribution >= 4 is 5.52 Å². The Hall–Kier alpha value is -2.40. The molecule has 102 valence electrons. The zero-order chi connectivity index (χ0) is 14.1. The molecule has 0 spiro atoms. The second kappa shape index (κ2) is 4.94. The molecule has 5 heteroatoms. The summed E-state index contributed by atoms with van der Waals surface area (Å²) < 4.78 is 20.6. The lowest BCUT2D eigenvalue weighted by Gasteiger charge is -2.12. The minimum absolute atomic E-state index is 0.199. The average molecular weight is 272 g/mol. The molecule has 0 aliphatic rings. The Morgan fingerprint density at radius 1 is 1.25 bits per heavy atom. The fourth-order valence-electron chi connectivity index (χ4n) is 2.19. The standard InChI is InChI=1S/C15H13FN2O2/c1-20-10-5-6-11(13(16)8-10)15(19)12-9-17-18-7-3-2-4-14(12)18/h2-9,15,19H,1H3. The SMILES string of the molecule is COc1ccc(C(O)c2cnn3ccccc23)c(F)c1. The van der Waals surface area contributed by atoms with Crippen molar-refractivity contribution in [1.29, 1.82) is 0 Å². The third kappa shape index (κ3) is 2.02. The summed E-state index contributed by atoms with van der Waals surface area (Å²) in [4.78, 5) is 0. The Kier molecular flexibility index (Phi) is 3.12. The molecule has 0 aliphatic heterocycles. The molecule has 1 atom stereocenters. The molecule has 2 aromatic heterocycles. The van der Waals surface area contributed by atoms with Gasteiger partial charge in [-0.1, -0.05) is 6.07 Å². The molecular formula is C15H13FN2O2. The van der Waals surface area contributed by atoms with Gasteiger partial charge >= 0.3 is 0 Å². The van der Waals surface area contributed by atoms with Crippen LogP contribution in [0.15, 0.2) is 48.8 Å². The molecule has 0 fully saturated rings. The van der Waals surface area contributed by atoms with Crippen LogP contribution >= 0.6 is 0 Å². The number of aliphatic hydroxyl groups is 1. The number of ether oxygens (including phenoxy) is 1. The van der Waals surface area contributed by atoms with Crippen molar-refractivity contribution in [2.24, 2.45) is 0 Å². The number of halogens is 1. The summed E-state index contributed by atoms with van der Waals surface area (Å²) in [6, 6.07) is 9.90. The van der Waals surface area contributed by atoms with Crippen LogP contribution in [0.3, 0.4) is 0 Å². The minimum atomic E-state index is -1.07. The summed E-state index contributed by atoms with van der Waals surface area (Å²) in [5, 5.41) is 14.5. The molecule has 1 N–H and O–H groups in total. The summed E-state index contributed by atoms with van der Waals surface area (Å²) in [5.41, 5.74) is 1.51. The number of hydrogen-bond donors (Lipinski definition) is 1. The molecule has 1 aromatic carbocycles. The number of benzene rings is 1. The van der Waals surface area contributed by atoms with Gasteiger partial charge in [0, 0.05) is 23.4 Å². The fourth-order valence-corrected chi connectivity index (χ4v) is 2.19. The van der Waals surface area contributed by atoms with Gasteiger partial charge in [0.05, 0.1) is 18.8 Å². The molecular weight excluding hydrogens is 259 g/mol. The Morgan fingerprint density at radius 3 is 2.85 bits per heavy atom. The highest BCUT2D eigenvalue weighted by molar-refractivity contribution is 5.56. The second-order valence-corrected chi connectivity index (χ2v) is 4.42. The maximum atomic E-state index is 14.0. The molecule has 2 heterocycles. The predicted molar refractivity (Wildman–Crippen MR) is 72.2 cm³/mol. The van der Waals surface area contributed by atoms with Crippen molar-refractivity contribution in [3.63, 3.8) is 0 Å². The first-order chi connectivity index (χ1) is 9.70. The number of aromatic nitrogens is 2. The van der Waals surface area contributed by atoms with E-state index in [0.29, 0.717) is 11.3 Å². The van der Waals surface area contributed by atoms with Gasteiger partial charge in [-0.05, 0) is 24.3 Å². The van der Waals surface area contributed by atoms with E-state index in [4.69, 9.17) is 4.74 Å². The van der Waals surface area contributed by atoms with Crippen molar-refractivity contribution < 1.29 is 14.2 Å². The summed E-state index contributed by atoms with van der Waals surface area (Å²) in [6.45, 7) is 0. The van der Waals surface area contributed by atoms with Gasteiger partial charge < -0.3 is 9.84 Å². The predicted octanol–water partition coefficient (Wildman–Crippen LogP) is 2.56. The van der Waals surface area contributed by atoms with Gasteiger partial charge in [0.2, 0.25) is 0 Å². The summed E-state index contributed by atoms with van der Waals surface area (Å²) in [7, 11) is 1.47. The average Bonchev–Trinajstić information content (AvgIpc) is 2.90. The van der Waals surface area contributed by atoms with E-state index in [-0.39, 0.29) is 5.56 Å². The molecule has 0 saturated heterocycles. The number of aliphatic hydroxyl groups excluding tert-OH is 1. The fraction of sp³-hybridized carbons (Fsp3) is 0.133. The highest BCUT2D eigenvalue weighted by atomic mass is 19.1. The normalized spacial score (nSPS) is 12.6. The van der Waals surface area contributed by atoms with E-state index in [9.17, 15) is 9.50 Å². The van der Waals surface area contributed by atoms with Crippen molar-refractivity contribution in [2.75, 3.05) is 7.11 Å². The van der Waals surface area contributed by atoms with Gasteiger partial charge in [-0.25, -0.2) is 8.91 Å². The van der Waals surface area contributed by atoms with Crippen molar-refractivity contribution in [1.82, 2.24) is 9.61 Å². The molecule has 0 amide bonds. The van der Waals surface area contributed by atoms with E-state index in [0.717, 1.165) is 5.52 Å². The quantitative estimate of drug-likeness (QED) is 0.797. The lowest BCUT2D eigenvalue weighted by atomic mass is 10.0. The number of hydrogen-bond acceptors (Lipinski definition) is 3. The third-order valence-electron chi connectivity index (χ3n) is 3.25. The van der Waals surface area contributed by atoms with Gasteiger partial charge in [-0.15, -0.1) is 0 Å². The molecule has 4 nitrogen and oxygen atoms in total. The van der Waals surface area contributed by atoms with Gasteiger partial charge in [-0.2, -0.15) is 5.10 Å². The number of nitrogens with zero attached hydrogens (tertiary/aromatic N) is 2. The summed E-state index contributed by atoms with van der Waals surface area (Å²) in [6.07, 6.45) is 2.25. The number of methoxy groups -OCH3 is 1. The van der Waals surface area contributed by atoms with Crippen LogP contribution in [0.25, 0.3) is 5.52 Å². The van der Waals surface area contributed by atoms with Gasteiger partial charge in [0.15, 0.2) is 0 Å². The minimum Gasteiger partial charge on any atom is -0.497 e. The Labute approximate surface area is 115 Å². The van der Waals surface area contributed by atoms with E-state index < -0.39 is 11.9 Å². The second-order valence-electron chi connectivity index (χ2n) is 4.42. The van der Waals surface area contributed by atoms with Crippen LogP contribution in [0.4, 0.5) is 4.39 Å². The molecule has 0 radical (unpaired) electrons. The van der Waals surface area contributed by atoms with Crippen LogP contribution in [-0.2, 0) is 0 Å². The maximum Gasteiger partial charge on any atom is 0.133 e. The van der Waals surface area contributed by atoms with E-state index in [1.807, 2.05) is 18.2 Å². The number of fused-ring (bicyclic) bond motifs is 1. The smallest absolute Gasteiger partial charge is 0.133 e. The number of rotatable bonds is 3. The largest absolute Gasteiger partial charge is 0.497 e. The molecule has 3 rings (SSSR count). The molecule has 0 aliphatic carbocycles. The Balaban J connectivity index is 2.06. The lowest BCUT2D eigenvalue weighted by Crippen LogP contribution is -2.02. The van der Waals surface area contributed by atoms with Crippen molar-refractivity contribution in [2.45, 2.75) is 6.10 Å². The molecule has 1 unspecified atom stereocenters. The third-order valence-corrected chi connectivity index (χ3v) is 3.25. The number of pyridine rings is 1. The Morgan fingerprint density at radius 2 is 2.10 bits per heavy atom. The highest BCUT2D eigenvalue weighted by Gasteiger charge is 2.19. The van der Waals surface area contributed by atoms with Crippen LogP contribution in [0, 0.1) is 5.82 Å². The first-order valence-electron chi connectivity index (χ1n) is 6.14. The monoisotopic (exact) mass is 272 g/mol. The highest BCUT2D eigenvalue weighted by Crippen LogP contribution is 2.29. The molecule has 0 saturated carbocycles. The molecule has 0 bridgehead atoms. The van der Waals surface area contributed by atoms with E-state index >= 15 is 0 Å². The van der Waals surface area contributed by atoms with Crippen molar-refractivity contribution in [3.8, 4) is 5.75 Å². The zero-order valence-electron chi connectivity index (χ0n) is 10.8. The zero-order valence-corrected chi connectivity index (χ0v) is 10.8. The lowest BCUT2D eigenvalue weighted by molar-refractivity contribution is 0.216. The van der Waals surface area contributed by atoms with Crippen LogP contribution in [0.2, 0.25) is 0 Å². The van der Waals surface area contributed by atoms with Crippen LogP contribution in [0.5, 0.6) is 5.75 Å². The van der Waals surface area contributed by atoms with Crippen molar-refractivity contribution in [3.05, 3.63) is 65.7 Å². The summed E-state index contributed by atoms with van der Waals surface area (Å²) >= 11 is 0. The maximum absolute atomic E-state index is 14.0. The Bertz CT molecular complexity index is 754. The van der Waals surface area contributed by atoms with Crippen LogP contribution in [-0.4, -0.2) is 21.8 Å². The van der Waals surface area contributed by atoms with Gasteiger partial charge in [-0.3, -0.25) is 0 Å². The van der Waals surface area contributed by atoms with Crippen LogP contribution in [0.1, 0.15) is 17.2 Å². The van der Waals surface area contributed by atoms with E-state index in [1.54, 1.807) is 23.0 Å². The van der Waals surface area contributed by atoms with E-state index in [2.05, 4.69) is 5.10 Å². The molecule has 3 aromatic rings. The van der Waals surface area contributed by atoms with Gasteiger partial charge in [0.25, 0.3) is 0 Å².